The number of hydrogen-bond donors (Lipinski definition) is 3. The maximum Gasteiger partial charge on any atom is 0.238 e. The molecule has 2 aromatic carbocycles. The number of carbonyl (C=O) groups excluding carboxylic acids is 1. The minimum Gasteiger partial charge on any atom is -0.379 e. The highest BCUT2D eigenvalue weighted by Crippen LogP contribution is 2.30. The number of rotatable bonds is 9. The van der Waals surface area contributed by atoms with E-state index in [0.717, 1.165) is 13.1 Å². The van der Waals surface area contributed by atoms with Gasteiger partial charge >= 0.3 is 0 Å². The molecule has 0 saturated carbocycles. The third-order valence-corrected chi connectivity index (χ3v) is 8.19. The van der Waals surface area contributed by atoms with Gasteiger partial charge in [0.1, 0.15) is 5.02 Å². The molecule has 0 aliphatic carbocycles. The number of amides is 1. The lowest BCUT2D eigenvalue weighted by Gasteiger charge is -2.25. The zero-order valence-corrected chi connectivity index (χ0v) is 22.1. The Labute approximate surface area is 221 Å². The maximum absolute atomic E-state index is 12.8. The molecule has 12 heteroatoms. The number of anilines is 5. The molecule has 0 bridgehead atoms. The van der Waals surface area contributed by atoms with E-state index in [0.29, 0.717) is 36.8 Å². The van der Waals surface area contributed by atoms with Gasteiger partial charge in [-0.05, 0) is 50.2 Å². The molecule has 0 atom stereocenters. The summed E-state index contributed by atoms with van der Waals surface area (Å²) in [6.45, 7) is 6.35. The summed E-state index contributed by atoms with van der Waals surface area (Å²) >= 11 is 6.30. The molecular formula is C25H29ClN6O4S. The number of benzene rings is 2. The molecule has 1 saturated heterocycles. The van der Waals surface area contributed by atoms with E-state index in [9.17, 15) is 13.2 Å². The minimum atomic E-state index is -3.52. The highest BCUT2D eigenvalue weighted by molar-refractivity contribution is 7.92. The molecule has 10 nitrogen and oxygen atoms in total. The van der Waals surface area contributed by atoms with Crippen molar-refractivity contribution in [3.05, 3.63) is 59.8 Å². The highest BCUT2D eigenvalue weighted by atomic mass is 35.5. The number of carbonyl (C=O) groups is 1. The molecule has 3 N–H and O–H groups in total. The Morgan fingerprint density at radius 1 is 1.05 bits per heavy atom. The van der Waals surface area contributed by atoms with E-state index < -0.39 is 15.1 Å². The quantitative estimate of drug-likeness (QED) is 0.365. The van der Waals surface area contributed by atoms with Crippen LogP contribution >= 0.6 is 11.6 Å². The zero-order valence-electron chi connectivity index (χ0n) is 20.6. The van der Waals surface area contributed by atoms with Crippen molar-refractivity contribution < 1.29 is 17.9 Å². The lowest BCUT2D eigenvalue weighted by Crippen LogP contribution is -2.41. The van der Waals surface area contributed by atoms with Crippen molar-refractivity contribution in [2.75, 3.05) is 48.8 Å². The van der Waals surface area contributed by atoms with Gasteiger partial charge in [0.2, 0.25) is 11.9 Å². The monoisotopic (exact) mass is 544 g/mol. The number of sulfone groups is 1. The molecule has 2 heterocycles. The van der Waals surface area contributed by atoms with Crippen LogP contribution in [0, 0.1) is 0 Å². The van der Waals surface area contributed by atoms with E-state index in [1.807, 2.05) is 0 Å². The average molecular weight is 545 g/mol. The number of aromatic nitrogens is 2. The van der Waals surface area contributed by atoms with Crippen LogP contribution in [0.1, 0.15) is 13.8 Å². The summed E-state index contributed by atoms with van der Waals surface area (Å²) in [6, 6.07) is 13.8. The van der Waals surface area contributed by atoms with Crippen molar-refractivity contribution >= 4 is 56.2 Å². The Kier molecular flexibility index (Phi) is 8.59. The molecule has 1 aliphatic rings. The number of nitrogens with zero attached hydrogens (tertiary/aromatic N) is 3. The molecule has 1 fully saturated rings. The van der Waals surface area contributed by atoms with Crippen molar-refractivity contribution in [2.45, 2.75) is 24.0 Å². The first-order valence-corrected chi connectivity index (χ1v) is 13.7. The second-order valence-corrected chi connectivity index (χ2v) is 11.6. The predicted molar refractivity (Wildman–Crippen MR) is 145 cm³/mol. The van der Waals surface area contributed by atoms with Crippen LogP contribution < -0.4 is 16.0 Å². The normalized spacial score (nSPS) is 14.4. The number of ether oxygens (including phenoxy) is 1. The predicted octanol–water partition coefficient (Wildman–Crippen LogP) is 4.07. The van der Waals surface area contributed by atoms with E-state index in [-0.39, 0.29) is 27.6 Å². The topological polar surface area (TPSA) is 126 Å². The third-order valence-electron chi connectivity index (χ3n) is 5.71. The van der Waals surface area contributed by atoms with E-state index >= 15 is 0 Å². The van der Waals surface area contributed by atoms with Gasteiger partial charge in [-0.2, -0.15) is 4.98 Å². The van der Waals surface area contributed by atoms with Gasteiger partial charge in [0.15, 0.2) is 15.7 Å². The van der Waals surface area contributed by atoms with Crippen LogP contribution in [0.4, 0.5) is 28.8 Å². The summed E-state index contributed by atoms with van der Waals surface area (Å²) in [4.78, 5) is 23.2. The number of nitrogens with one attached hydrogen (secondary N) is 3. The molecule has 1 amide bonds. The van der Waals surface area contributed by atoms with Crippen molar-refractivity contribution in [1.82, 2.24) is 14.9 Å². The SMILES string of the molecule is CC(C)S(=O)(=O)c1ccccc1Nc1nc(Nc2ccc(NC(=O)CN3CCOCC3)cc2)ncc1Cl. The van der Waals surface area contributed by atoms with E-state index in [4.69, 9.17) is 16.3 Å². The Hall–Kier alpha value is -3.25. The largest absolute Gasteiger partial charge is 0.379 e. The van der Waals surface area contributed by atoms with Crippen molar-refractivity contribution in [2.24, 2.45) is 0 Å². The molecule has 196 valence electrons. The summed E-state index contributed by atoms with van der Waals surface area (Å²) in [6.07, 6.45) is 1.43. The zero-order chi connectivity index (χ0) is 26.4. The Morgan fingerprint density at radius 3 is 2.43 bits per heavy atom. The fourth-order valence-corrected chi connectivity index (χ4v) is 4.98. The van der Waals surface area contributed by atoms with Gasteiger partial charge < -0.3 is 20.7 Å². The first-order valence-electron chi connectivity index (χ1n) is 11.8. The maximum atomic E-state index is 12.8. The fraction of sp³-hybridized carbons (Fsp3) is 0.320. The van der Waals surface area contributed by atoms with Gasteiger partial charge in [0, 0.05) is 24.5 Å². The standard InChI is InChI=1S/C25H29ClN6O4S/c1-17(2)37(34,35)22-6-4-3-5-21(22)30-24-20(26)15-27-25(31-24)29-19-9-7-18(8-10-19)28-23(33)16-32-11-13-36-14-12-32/h3-10,15,17H,11-14,16H2,1-2H3,(H,28,33)(H2,27,29,30,31). The van der Waals surface area contributed by atoms with Gasteiger partial charge in [-0.3, -0.25) is 9.69 Å². The van der Waals surface area contributed by atoms with Crippen LogP contribution in [-0.2, 0) is 19.4 Å². The van der Waals surface area contributed by atoms with Crippen molar-refractivity contribution in [3.63, 3.8) is 0 Å². The van der Waals surface area contributed by atoms with Crippen LogP contribution in [0.15, 0.2) is 59.6 Å². The molecule has 4 rings (SSSR count). The number of halogens is 1. The summed E-state index contributed by atoms with van der Waals surface area (Å²) in [5.41, 5.74) is 1.74. The first-order chi connectivity index (χ1) is 17.7. The highest BCUT2D eigenvalue weighted by Gasteiger charge is 2.23. The molecule has 1 aromatic heterocycles. The molecule has 1 aliphatic heterocycles. The van der Waals surface area contributed by atoms with Crippen LogP contribution in [0.2, 0.25) is 5.02 Å². The van der Waals surface area contributed by atoms with Crippen LogP contribution in [0.25, 0.3) is 0 Å². The minimum absolute atomic E-state index is 0.0841. The third kappa shape index (κ3) is 6.95. The van der Waals surface area contributed by atoms with E-state index in [1.165, 1.54) is 6.20 Å². The lowest BCUT2D eigenvalue weighted by molar-refractivity contribution is -0.118. The molecule has 3 aromatic rings. The Balaban J connectivity index is 1.43. The molecule has 0 spiro atoms. The second kappa shape index (κ2) is 11.9. The van der Waals surface area contributed by atoms with Crippen LogP contribution in [-0.4, -0.2) is 67.3 Å². The summed E-state index contributed by atoms with van der Waals surface area (Å²) in [7, 11) is -3.52. The Morgan fingerprint density at radius 2 is 1.73 bits per heavy atom. The Bertz CT molecular complexity index is 1350. The summed E-state index contributed by atoms with van der Waals surface area (Å²) in [5, 5.41) is 8.67. The number of para-hydroxylation sites is 1. The summed E-state index contributed by atoms with van der Waals surface area (Å²) in [5.74, 6) is 0.442. The molecular weight excluding hydrogens is 516 g/mol. The van der Waals surface area contributed by atoms with Gasteiger partial charge in [-0.25, -0.2) is 13.4 Å². The fourth-order valence-electron chi connectivity index (χ4n) is 3.64. The number of hydrogen-bond acceptors (Lipinski definition) is 9. The first kappa shape index (κ1) is 26.8. The molecule has 0 unspecified atom stereocenters. The molecule has 0 radical (unpaired) electrons. The van der Waals surface area contributed by atoms with Crippen molar-refractivity contribution in [1.29, 1.82) is 0 Å². The number of morpholine rings is 1. The van der Waals surface area contributed by atoms with E-state index in [1.54, 1.807) is 62.4 Å². The lowest BCUT2D eigenvalue weighted by atomic mass is 10.2. The summed E-state index contributed by atoms with van der Waals surface area (Å²) < 4.78 is 30.9. The van der Waals surface area contributed by atoms with E-state index in [2.05, 4.69) is 30.8 Å². The van der Waals surface area contributed by atoms with Crippen LogP contribution in [0.3, 0.4) is 0 Å². The van der Waals surface area contributed by atoms with Crippen LogP contribution in [0.5, 0.6) is 0 Å². The molecule has 37 heavy (non-hydrogen) atoms. The van der Waals surface area contributed by atoms with Gasteiger partial charge in [-0.15, -0.1) is 0 Å². The van der Waals surface area contributed by atoms with Gasteiger partial charge in [-0.1, -0.05) is 23.7 Å². The smallest absolute Gasteiger partial charge is 0.238 e. The second-order valence-electron chi connectivity index (χ2n) is 8.74. The van der Waals surface area contributed by atoms with Crippen molar-refractivity contribution in [3.8, 4) is 0 Å². The average Bonchev–Trinajstić information content (AvgIpc) is 2.88. The van der Waals surface area contributed by atoms with Gasteiger partial charge in [0.25, 0.3) is 0 Å². The van der Waals surface area contributed by atoms with Gasteiger partial charge in [0.05, 0.1) is 41.8 Å².